The number of aliphatic hydroxyl groups excluding tert-OH is 3. The molecule has 0 aliphatic rings. The van der Waals surface area contributed by atoms with Gasteiger partial charge >= 0.3 is 0 Å². The molecule has 1 heterocycles. The first-order valence-corrected chi connectivity index (χ1v) is 7.09. The average Bonchev–Trinajstić information content (AvgIpc) is 2.82. The van der Waals surface area contributed by atoms with Gasteiger partial charge in [-0.05, 0) is 25.1 Å². The van der Waals surface area contributed by atoms with Gasteiger partial charge in [-0.3, -0.25) is 4.79 Å². The van der Waals surface area contributed by atoms with Gasteiger partial charge in [0.2, 0.25) is 0 Å². The summed E-state index contributed by atoms with van der Waals surface area (Å²) in [5.41, 5.74) is -0.279. The Hall–Kier alpha value is -1.41. The van der Waals surface area contributed by atoms with E-state index in [1.807, 2.05) is 6.07 Å². The molecule has 0 aliphatic heterocycles. The number of benzene rings is 1. The van der Waals surface area contributed by atoms with Gasteiger partial charge in [0, 0.05) is 15.4 Å². The number of aryl methyl sites for hydroxylation is 1. The van der Waals surface area contributed by atoms with Crippen LogP contribution in [0.15, 0.2) is 27.1 Å². The molecule has 0 atom stereocenters. The Balaban J connectivity index is 2.38. The molecule has 4 N–H and O–H groups in total. The molecule has 0 bridgehead atoms. The van der Waals surface area contributed by atoms with Crippen molar-refractivity contribution in [1.82, 2.24) is 5.32 Å². The number of amides is 1. The molecule has 7 heteroatoms. The summed E-state index contributed by atoms with van der Waals surface area (Å²) < 4.78 is 6.38. The van der Waals surface area contributed by atoms with Crippen LogP contribution < -0.4 is 5.32 Å². The average molecular weight is 358 g/mol. The highest BCUT2D eigenvalue weighted by molar-refractivity contribution is 9.10. The summed E-state index contributed by atoms with van der Waals surface area (Å²) >= 11 is 3.35. The first-order chi connectivity index (χ1) is 9.96. The quantitative estimate of drug-likeness (QED) is 0.637. The fourth-order valence-corrected chi connectivity index (χ4v) is 2.34. The van der Waals surface area contributed by atoms with E-state index in [1.165, 1.54) is 0 Å². The third kappa shape index (κ3) is 2.96. The molecular weight excluding hydrogens is 342 g/mol. The predicted molar refractivity (Wildman–Crippen MR) is 80.1 cm³/mol. The summed E-state index contributed by atoms with van der Waals surface area (Å²) in [6.07, 6.45) is 0. The Morgan fingerprint density at radius 2 is 1.90 bits per heavy atom. The lowest BCUT2D eigenvalue weighted by molar-refractivity contribution is 0.0364. The summed E-state index contributed by atoms with van der Waals surface area (Å²) in [4.78, 5) is 12.3. The van der Waals surface area contributed by atoms with E-state index >= 15 is 0 Å². The van der Waals surface area contributed by atoms with Gasteiger partial charge in [0.25, 0.3) is 5.91 Å². The number of carbonyl (C=O) groups is 1. The molecule has 1 amide bonds. The number of rotatable bonds is 5. The SMILES string of the molecule is Cc1c(C(=O)NC(CO)(CO)CO)oc2ccc(Br)cc12. The van der Waals surface area contributed by atoms with Crippen LogP contribution in [0.3, 0.4) is 0 Å². The normalized spacial score (nSPS) is 11.9. The van der Waals surface area contributed by atoms with Crippen molar-refractivity contribution in [3.63, 3.8) is 0 Å². The van der Waals surface area contributed by atoms with E-state index in [-0.39, 0.29) is 5.76 Å². The first-order valence-electron chi connectivity index (χ1n) is 6.30. The molecule has 21 heavy (non-hydrogen) atoms. The highest BCUT2D eigenvalue weighted by Gasteiger charge is 2.32. The number of halogens is 1. The molecule has 0 aliphatic carbocycles. The molecule has 0 unspecified atom stereocenters. The van der Waals surface area contributed by atoms with Crippen molar-refractivity contribution >= 4 is 32.8 Å². The topological polar surface area (TPSA) is 103 Å². The number of carbonyl (C=O) groups excluding carboxylic acids is 1. The van der Waals surface area contributed by atoms with Crippen molar-refractivity contribution in [2.24, 2.45) is 0 Å². The van der Waals surface area contributed by atoms with Crippen LogP contribution in [0.25, 0.3) is 11.0 Å². The van der Waals surface area contributed by atoms with Crippen LogP contribution in [0.4, 0.5) is 0 Å². The zero-order chi connectivity index (χ0) is 15.6. The van der Waals surface area contributed by atoms with E-state index in [0.29, 0.717) is 11.1 Å². The molecule has 114 valence electrons. The summed E-state index contributed by atoms with van der Waals surface area (Å²) in [7, 11) is 0. The van der Waals surface area contributed by atoms with Gasteiger partial charge in [0.1, 0.15) is 11.1 Å². The van der Waals surface area contributed by atoms with Crippen LogP contribution >= 0.6 is 15.9 Å². The molecule has 0 saturated heterocycles. The molecule has 0 radical (unpaired) electrons. The van der Waals surface area contributed by atoms with Crippen molar-refractivity contribution in [2.45, 2.75) is 12.5 Å². The van der Waals surface area contributed by atoms with E-state index < -0.39 is 31.3 Å². The minimum atomic E-state index is -1.48. The second-order valence-electron chi connectivity index (χ2n) is 4.91. The maximum atomic E-state index is 12.3. The zero-order valence-corrected chi connectivity index (χ0v) is 13.0. The lowest BCUT2D eigenvalue weighted by Crippen LogP contribution is -2.57. The van der Waals surface area contributed by atoms with Crippen molar-refractivity contribution in [3.05, 3.63) is 34.0 Å². The van der Waals surface area contributed by atoms with E-state index in [1.54, 1.807) is 19.1 Å². The van der Waals surface area contributed by atoms with Crippen LogP contribution in [0, 0.1) is 6.92 Å². The molecule has 2 rings (SSSR count). The Bertz CT molecular complexity index is 654. The number of hydrogen-bond donors (Lipinski definition) is 4. The summed E-state index contributed by atoms with van der Waals surface area (Å²) in [6.45, 7) is -0.0185. The molecule has 2 aromatic rings. The predicted octanol–water partition coefficient (Wildman–Crippen LogP) is 0.949. The van der Waals surface area contributed by atoms with Gasteiger partial charge < -0.3 is 25.1 Å². The Morgan fingerprint density at radius 1 is 1.29 bits per heavy atom. The van der Waals surface area contributed by atoms with Crippen molar-refractivity contribution in [3.8, 4) is 0 Å². The van der Waals surface area contributed by atoms with Crippen LogP contribution in [0.5, 0.6) is 0 Å². The molecule has 0 saturated carbocycles. The highest BCUT2D eigenvalue weighted by Crippen LogP contribution is 2.28. The van der Waals surface area contributed by atoms with Gasteiger partial charge in [-0.15, -0.1) is 0 Å². The van der Waals surface area contributed by atoms with Crippen molar-refractivity contribution in [2.75, 3.05) is 19.8 Å². The van der Waals surface area contributed by atoms with Gasteiger partial charge in [0.05, 0.1) is 19.8 Å². The van der Waals surface area contributed by atoms with Crippen LogP contribution in [-0.4, -0.2) is 46.6 Å². The maximum Gasteiger partial charge on any atom is 0.287 e. The zero-order valence-electron chi connectivity index (χ0n) is 11.4. The molecule has 1 aromatic heterocycles. The van der Waals surface area contributed by atoms with Crippen molar-refractivity contribution in [1.29, 1.82) is 0 Å². The number of nitrogens with one attached hydrogen (secondary N) is 1. The smallest absolute Gasteiger partial charge is 0.287 e. The van der Waals surface area contributed by atoms with E-state index in [9.17, 15) is 20.1 Å². The van der Waals surface area contributed by atoms with Gasteiger partial charge in [0.15, 0.2) is 5.76 Å². The minimum Gasteiger partial charge on any atom is -0.451 e. The molecule has 6 nitrogen and oxygen atoms in total. The second kappa shape index (κ2) is 6.15. The standard InChI is InChI=1S/C14H16BrNO5/c1-8-10-4-9(15)2-3-11(10)21-12(8)13(20)16-14(5-17,6-18)7-19/h2-4,17-19H,5-7H2,1H3,(H,16,20). The largest absolute Gasteiger partial charge is 0.451 e. The summed E-state index contributed by atoms with van der Waals surface area (Å²) in [5, 5.41) is 30.9. The summed E-state index contributed by atoms with van der Waals surface area (Å²) in [6, 6.07) is 5.37. The lowest BCUT2D eigenvalue weighted by Gasteiger charge is -2.28. The number of aliphatic hydroxyl groups is 3. The number of hydrogen-bond acceptors (Lipinski definition) is 5. The monoisotopic (exact) mass is 357 g/mol. The summed E-state index contributed by atoms with van der Waals surface area (Å²) in [5.74, 6) is -0.514. The number of furan rings is 1. The van der Waals surface area contributed by atoms with E-state index in [4.69, 9.17) is 4.42 Å². The Kier molecular flexibility index (Phi) is 4.67. The third-order valence-electron chi connectivity index (χ3n) is 3.39. The third-order valence-corrected chi connectivity index (χ3v) is 3.88. The maximum absolute atomic E-state index is 12.3. The Morgan fingerprint density at radius 3 is 2.48 bits per heavy atom. The molecular formula is C14H16BrNO5. The molecule has 0 spiro atoms. The van der Waals surface area contributed by atoms with Gasteiger partial charge in [-0.1, -0.05) is 15.9 Å². The van der Waals surface area contributed by atoms with Crippen LogP contribution in [0.1, 0.15) is 16.1 Å². The van der Waals surface area contributed by atoms with Gasteiger partial charge in [-0.2, -0.15) is 0 Å². The fraction of sp³-hybridized carbons (Fsp3) is 0.357. The lowest BCUT2D eigenvalue weighted by atomic mass is 10.0. The number of fused-ring (bicyclic) bond motifs is 1. The van der Waals surface area contributed by atoms with Crippen molar-refractivity contribution < 1.29 is 24.5 Å². The Labute approximate surface area is 129 Å². The van der Waals surface area contributed by atoms with E-state index in [0.717, 1.165) is 9.86 Å². The molecule has 0 fully saturated rings. The fourth-order valence-electron chi connectivity index (χ4n) is 1.98. The molecule has 1 aromatic carbocycles. The highest BCUT2D eigenvalue weighted by atomic mass is 79.9. The first kappa shape index (κ1) is 16.0. The van der Waals surface area contributed by atoms with Gasteiger partial charge in [-0.25, -0.2) is 0 Å². The minimum absolute atomic E-state index is 0.0859. The van der Waals surface area contributed by atoms with Crippen LogP contribution in [0.2, 0.25) is 0 Å². The van der Waals surface area contributed by atoms with E-state index in [2.05, 4.69) is 21.2 Å². The van der Waals surface area contributed by atoms with Crippen LogP contribution in [-0.2, 0) is 0 Å². The second-order valence-corrected chi connectivity index (χ2v) is 5.82.